The molecule has 172 valence electrons. The zero-order valence-corrected chi connectivity index (χ0v) is 19.7. The van der Waals surface area contributed by atoms with Crippen LogP contribution in [0.5, 0.6) is 0 Å². The van der Waals surface area contributed by atoms with Crippen molar-refractivity contribution in [3.05, 3.63) is 107 Å². The van der Waals surface area contributed by atoms with Crippen LogP contribution in [-0.2, 0) is 5.60 Å². The molecule has 1 saturated heterocycles. The van der Waals surface area contributed by atoms with Crippen LogP contribution < -0.4 is 0 Å². The molecule has 1 aromatic heterocycles. The summed E-state index contributed by atoms with van der Waals surface area (Å²) in [7, 11) is 0. The van der Waals surface area contributed by atoms with Gasteiger partial charge >= 0.3 is 0 Å². The van der Waals surface area contributed by atoms with Crippen LogP contribution in [0.25, 0.3) is 17.1 Å². The summed E-state index contributed by atoms with van der Waals surface area (Å²) < 4.78 is 1.94. The van der Waals surface area contributed by atoms with E-state index in [4.69, 9.17) is 16.6 Å². The number of amides is 1. The van der Waals surface area contributed by atoms with Crippen molar-refractivity contribution < 1.29 is 9.90 Å². The van der Waals surface area contributed by atoms with Crippen molar-refractivity contribution in [3.63, 3.8) is 0 Å². The number of imidazole rings is 1. The van der Waals surface area contributed by atoms with Crippen LogP contribution in [0, 0.1) is 6.92 Å². The number of hydrogen-bond donors (Lipinski definition) is 1. The second-order valence-electron chi connectivity index (χ2n) is 8.80. The molecular weight excluding hydrogens is 446 g/mol. The Morgan fingerprint density at radius 2 is 1.59 bits per heavy atom. The normalized spacial score (nSPS) is 15.3. The largest absolute Gasteiger partial charge is 0.385 e. The predicted octanol–water partition coefficient (Wildman–Crippen LogP) is 5.62. The molecule has 3 aromatic carbocycles. The number of benzene rings is 3. The number of carbonyl (C=O) groups is 1. The molecule has 4 aromatic rings. The lowest BCUT2D eigenvalue weighted by molar-refractivity contribution is -0.0212. The molecule has 1 aliphatic rings. The second-order valence-corrected chi connectivity index (χ2v) is 9.24. The molecule has 0 atom stereocenters. The molecule has 0 spiro atoms. The van der Waals surface area contributed by atoms with Gasteiger partial charge in [0.25, 0.3) is 5.91 Å². The Labute approximate surface area is 204 Å². The number of likely N-dealkylation sites (tertiary alicyclic amines) is 1. The maximum atomic E-state index is 13.5. The Morgan fingerprint density at radius 3 is 2.26 bits per heavy atom. The van der Waals surface area contributed by atoms with Gasteiger partial charge in [-0.3, -0.25) is 9.36 Å². The molecule has 5 nitrogen and oxygen atoms in total. The number of halogens is 1. The summed E-state index contributed by atoms with van der Waals surface area (Å²) in [4.78, 5) is 20.0. The molecule has 0 unspecified atom stereocenters. The summed E-state index contributed by atoms with van der Waals surface area (Å²) in [6.07, 6.45) is 2.78. The molecule has 1 amide bonds. The minimum Gasteiger partial charge on any atom is -0.385 e. The first-order chi connectivity index (χ1) is 16.4. The number of carbonyl (C=O) groups excluding carboxylic acids is 1. The van der Waals surface area contributed by atoms with Gasteiger partial charge in [-0.2, -0.15) is 0 Å². The van der Waals surface area contributed by atoms with Gasteiger partial charge in [0, 0.05) is 35.6 Å². The Bertz CT molecular complexity index is 1310. The van der Waals surface area contributed by atoms with Crippen molar-refractivity contribution in [2.75, 3.05) is 13.1 Å². The first kappa shape index (κ1) is 22.4. The van der Waals surface area contributed by atoms with Gasteiger partial charge in [-0.05, 0) is 55.2 Å². The molecule has 1 aliphatic heterocycles. The number of nitrogens with zero attached hydrogens (tertiary/aromatic N) is 3. The van der Waals surface area contributed by atoms with Crippen LogP contribution in [0.1, 0.15) is 34.5 Å². The topological polar surface area (TPSA) is 58.4 Å². The van der Waals surface area contributed by atoms with Crippen molar-refractivity contribution in [2.24, 2.45) is 0 Å². The fraction of sp³-hybridized carbons (Fsp3) is 0.214. The maximum Gasteiger partial charge on any atom is 0.274 e. The zero-order valence-electron chi connectivity index (χ0n) is 19.0. The van der Waals surface area contributed by atoms with Crippen LogP contribution in [0.15, 0.2) is 85.1 Å². The Kier molecular flexibility index (Phi) is 5.98. The fourth-order valence-electron chi connectivity index (χ4n) is 4.57. The Balaban J connectivity index is 1.45. The van der Waals surface area contributed by atoms with Crippen LogP contribution in [-0.4, -0.2) is 38.6 Å². The van der Waals surface area contributed by atoms with Crippen molar-refractivity contribution in [1.82, 2.24) is 14.5 Å². The molecule has 0 radical (unpaired) electrons. The van der Waals surface area contributed by atoms with E-state index < -0.39 is 5.60 Å². The van der Waals surface area contributed by atoms with E-state index >= 15 is 0 Å². The van der Waals surface area contributed by atoms with Crippen LogP contribution in [0.2, 0.25) is 5.02 Å². The van der Waals surface area contributed by atoms with E-state index in [1.807, 2.05) is 90.4 Å². The maximum absolute atomic E-state index is 13.5. The van der Waals surface area contributed by atoms with E-state index in [1.165, 1.54) is 0 Å². The third-order valence-corrected chi connectivity index (χ3v) is 6.86. The van der Waals surface area contributed by atoms with Gasteiger partial charge in [0.2, 0.25) is 0 Å². The smallest absolute Gasteiger partial charge is 0.274 e. The van der Waals surface area contributed by atoms with Gasteiger partial charge in [-0.15, -0.1) is 0 Å². The average Bonchev–Trinajstić information content (AvgIpc) is 3.30. The van der Waals surface area contributed by atoms with Gasteiger partial charge in [-0.1, -0.05) is 66.2 Å². The molecule has 0 bridgehead atoms. The summed E-state index contributed by atoms with van der Waals surface area (Å²) in [6, 6.07) is 25.2. The van der Waals surface area contributed by atoms with E-state index in [0.717, 1.165) is 22.4 Å². The second kappa shape index (κ2) is 9.09. The zero-order chi connectivity index (χ0) is 23.7. The molecular formula is C28H26ClN3O2. The van der Waals surface area contributed by atoms with Crippen molar-refractivity contribution in [1.29, 1.82) is 0 Å². The first-order valence-electron chi connectivity index (χ1n) is 11.4. The van der Waals surface area contributed by atoms with E-state index in [0.29, 0.717) is 42.5 Å². The predicted molar refractivity (Wildman–Crippen MR) is 134 cm³/mol. The molecule has 1 N–H and O–H groups in total. The highest BCUT2D eigenvalue weighted by Crippen LogP contribution is 2.33. The lowest BCUT2D eigenvalue weighted by atomic mass is 9.84. The first-order valence-corrected chi connectivity index (χ1v) is 11.8. The molecule has 2 heterocycles. The number of aryl methyl sites for hydroxylation is 1. The van der Waals surface area contributed by atoms with Crippen molar-refractivity contribution >= 4 is 17.5 Å². The van der Waals surface area contributed by atoms with Gasteiger partial charge in [-0.25, -0.2) is 4.98 Å². The Morgan fingerprint density at radius 1 is 0.941 bits per heavy atom. The summed E-state index contributed by atoms with van der Waals surface area (Å²) in [5.41, 5.74) is 3.30. The number of hydrogen-bond acceptors (Lipinski definition) is 3. The van der Waals surface area contributed by atoms with Crippen molar-refractivity contribution in [3.8, 4) is 17.1 Å². The number of aliphatic hydroxyl groups is 1. The summed E-state index contributed by atoms with van der Waals surface area (Å²) in [6.45, 7) is 2.97. The fourth-order valence-corrected chi connectivity index (χ4v) is 4.70. The number of aromatic nitrogens is 2. The third-order valence-electron chi connectivity index (χ3n) is 6.60. The average molecular weight is 472 g/mol. The van der Waals surface area contributed by atoms with E-state index in [-0.39, 0.29) is 5.91 Å². The van der Waals surface area contributed by atoms with Crippen LogP contribution in [0.4, 0.5) is 0 Å². The van der Waals surface area contributed by atoms with E-state index in [9.17, 15) is 9.90 Å². The SMILES string of the molecule is Cc1ccccc1-c1nc(C(=O)N2CCC(O)(c3ccccc3)CC2)cn1-c1ccc(Cl)cc1. The quantitative estimate of drug-likeness (QED) is 0.420. The molecule has 0 aliphatic carbocycles. The van der Waals surface area contributed by atoms with Gasteiger partial charge in [0.1, 0.15) is 11.5 Å². The van der Waals surface area contributed by atoms with Crippen molar-refractivity contribution in [2.45, 2.75) is 25.4 Å². The molecule has 5 rings (SSSR count). The molecule has 6 heteroatoms. The van der Waals surface area contributed by atoms with E-state index in [2.05, 4.69) is 0 Å². The summed E-state index contributed by atoms with van der Waals surface area (Å²) in [5, 5.41) is 11.8. The minimum atomic E-state index is -0.910. The highest BCUT2D eigenvalue weighted by Gasteiger charge is 2.36. The summed E-state index contributed by atoms with van der Waals surface area (Å²) >= 11 is 6.10. The number of rotatable bonds is 4. The highest BCUT2D eigenvalue weighted by molar-refractivity contribution is 6.30. The standard InChI is InChI=1S/C28H26ClN3O2/c1-20-7-5-6-10-24(20)26-30-25(19-32(26)23-13-11-22(29)12-14-23)27(33)31-17-15-28(34,16-18-31)21-8-3-2-4-9-21/h2-14,19,34H,15-18H2,1H3. The lowest BCUT2D eigenvalue weighted by Gasteiger charge is -2.38. The molecule has 34 heavy (non-hydrogen) atoms. The highest BCUT2D eigenvalue weighted by atomic mass is 35.5. The lowest BCUT2D eigenvalue weighted by Crippen LogP contribution is -2.45. The number of piperidine rings is 1. The Hall–Kier alpha value is -3.41. The van der Waals surface area contributed by atoms with Crippen LogP contribution in [0.3, 0.4) is 0 Å². The van der Waals surface area contributed by atoms with Crippen LogP contribution >= 0.6 is 11.6 Å². The van der Waals surface area contributed by atoms with Gasteiger partial charge in [0.15, 0.2) is 0 Å². The summed E-state index contributed by atoms with van der Waals surface area (Å²) in [5.74, 6) is 0.583. The molecule has 0 saturated carbocycles. The monoisotopic (exact) mass is 471 g/mol. The third kappa shape index (κ3) is 4.25. The van der Waals surface area contributed by atoms with E-state index in [1.54, 1.807) is 11.1 Å². The van der Waals surface area contributed by atoms with Gasteiger partial charge < -0.3 is 10.0 Å². The molecule has 1 fully saturated rings. The van der Waals surface area contributed by atoms with Gasteiger partial charge in [0.05, 0.1) is 5.60 Å². The minimum absolute atomic E-state index is 0.127.